The summed E-state index contributed by atoms with van der Waals surface area (Å²) in [6, 6.07) is 12.8. The van der Waals surface area contributed by atoms with Crippen molar-refractivity contribution in [1.82, 2.24) is 10.2 Å². The Kier molecular flexibility index (Phi) is 4.94. The van der Waals surface area contributed by atoms with Gasteiger partial charge in [0.05, 0.1) is 0 Å². The van der Waals surface area contributed by atoms with Crippen molar-refractivity contribution in [3.63, 3.8) is 0 Å². The molecule has 0 spiro atoms. The Morgan fingerprint density at radius 2 is 1.86 bits per heavy atom. The Balaban J connectivity index is 1.80. The van der Waals surface area contributed by atoms with E-state index in [1.54, 1.807) is 0 Å². The van der Waals surface area contributed by atoms with Crippen LogP contribution in [-0.2, 0) is 4.74 Å². The predicted octanol–water partition coefficient (Wildman–Crippen LogP) is 2.84. The summed E-state index contributed by atoms with van der Waals surface area (Å²) < 4.78 is 5.56. The maximum atomic E-state index is 5.56. The average Bonchev–Trinajstić information content (AvgIpc) is 2.56. The van der Waals surface area contributed by atoms with Gasteiger partial charge in [-0.25, -0.2) is 0 Å². The van der Waals surface area contributed by atoms with Crippen molar-refractivity contribution in [1.29, 1.82) is 0 Å². The van der Waals surface area contributed by atoms with E-state index < -0.39 is 0 Å². The fourth-order valence-corrected chi connectivity index (χ4v) is 3.65. The molecule has 0 saturated carbocycles. The standard InChI is InChI=1S/C18H28N2O/c1-14(2)17-13-20(16-8-10-21-11-9-16)18(12-19-17)15-6-4-3-5-7-15/h3-7,14,16-19H,8-13H2,1-2H3. The highest BCUT2D eigenvalue weighted by Crippen LogP contribution is 2.30. The van der Waals surface area contributed by atoms with E-state index in [2.05, 4.69) is 54.4 Å². The summed E-state index contributed by atoms with van der Waals surface area (Å²) in [5, 5.41) is 3.76. The molecule has 2 aliphatic rings. The van der Waals surface area contributed by atoms with Crippen LogP contribution in [0.4, 0.5) is 0 Å². The quantitative estimate of drug-likeness (QED) is 0.925. The van der Waals surface area contributed by atoms with Crippen molar-refractivity contribution in [2.45, 2.75) is 44.8 Å². The zero-order valence-corrected chi connectivity index (χ0v) is 13.3. The number of ether oxygens (including phenoxy) is 1. The van der Waals surface area contributed by atoms with E-state index >= 15 is 0 Å². The number of nitrogens with one attached hydrogen (secondary N) is 1. The number of benzene rings is 1. The molecule has 1 aromatic rings. The van der Waals surface area contributed by atoms with Gasteiger partial charge >= 0.3 is 0 Å². The minimum atomic E-state index is 0.504. The second-order valence-electron chi connectivity index (χ2n) is 6.73. The molecule has 2 saturated heterocycles. The molecule has 0 aliphatic carbocycles. The first kappa shape index (κ1) is 15.0. The maximum Gasteiger partial charge on any atom is 0.0480 e. The molecule has 116 valence electrons. The summed E-state index contributed by atoms with van der Waals surface area (Å²) in [7, 11) is 0. The van der Waals surface area contributed by atoms with E-state index in [0.29, 0.717) is 24.0 Å². The molecular weight excluding hydrogens is 260 g/mol. The fraction of sp³-hybridized carbons (Fsp3) is 0.667. The molecule has 2 fully saturated rings. The van der Waals surface area contributed by atoms with Crippen molar-refractivity contribution in [2.75, 3.05) is 26.3 Å². The van der Waals surface area contributed by atoms with Gasteiger partial charge in [-0.05, 0) is 24.3 Å². The van der Waals surface area contributed by atoms with E-state index in [1.165, 1.54) is 18.4 Å². The Bertz CT molecular complexity index is 428. The lowest BCUT2D eigenvalue weighted by Crippen LogP contribution is -2.57. The van der Waals surface area contributed by atoms with E-state index in [0.717, 1.165) is 26.3 Å². The molecule has 2 aliphatic heterocycles. The first-order chi connectivity index (χ1) is 10.3. The molecule has 0 bridgehead atoms. The van der Waals surface area contributed by atoms with Crippen LogP contribution in [0.5, 0.6) is 0 Å². The van der Waals surface area contributed by atoms with Gasteiger partial charge in [-0.2, -0.15) is 0 Å². The van der Waals surface area contributed by atoms with Crippen LogP contribution in [0.15, 0.2) is 30.3 Å². The van der Waals surface area contributed by atoms with Crippen molar-refractivity contribution in [3.8, 4) is 0 Å². The average molecular weight is 288 g/mol. The van der Waals surface area contributed by atoms with E-state index in [9.17, 15) is 0 Å². The first-order valence-electron chi connectivity index (χ1n) is 8.37. The molecule has 3 heteroatoms. The summed E-state index contributed by atoms with van der Waals surface area (Å²) in [5.74, 6) is 0.684. The van der Waals surface area contributed by atoms with Crippen LogP contribution in [-0.4, -0.2) is 43.3 Å². The zero-order valence-electron chi connectivity index (χ0n) is 13.3. The highest BCUT2D eigenvalue weighted by Gasteiger charge is 2.35. The second-order valence-corrected chi connectivity index (χ2v) is 6.73. The number of nitrogens with zero attached hydrogens (tertiary/aromatic N) is 1. The molecule has 3 nitrogen and oxygen atoms in total. The Hall–Kier alpha value is -0.900. The molecule has 2 heterocycles. The first-order valence-corrected chi connectivity index (χ1v) is 8.37. The third-order valence-electron chi connectivity index (χ3n) is 5.03. The summed E-state index contributed by atoms with van der Waals surface area (Å²) in [6.07, 6.45) is 2.35. The van der Waals surface area contributed by atoms with Crippen LogP contribution >= 0.6 is 0 Å². The minimum Gasteiger partial charge on any atom is -0.381 e. The van der Waals surface area contributed by atoms with E-state index in [1.807, 2.05) is 0 Å². The van der Waals surface area contributed by atoms with Crippen molar-refractivity contribution < 1.29 is 4.74 Å². The summed E-state index contributed by atoms with van der Waals surface area (Å²) in [5.41, 5.74) is 1.44. The summed E-state index contributed by atoms with van der Waals surface area (Å²) >= 11 is 0. The Morgan fingerprint density at radius 3 is 2.52 bits per heavy atom. The molecule has 1 N–H and O–H groups in total. The Labute approximate surface area is 128 Å². The predicted molar refractivity (Wildman–Crippen MR) is 86.4 cm³/mol. The van der Waals surface area contributed by atoms with E-state index in [-0.39, 0.29) is 0 Å². The molecule has 0 aromatic heterocycles. The lowest BCUT2D eigenvalue weighted by molar-refractivity contribution is -0.00440. The highest BCUT2D eigenvalue weighted by molar-refractivity contribution is 5.20. The molecule has 2 unspecified atom stereocenters. The van der Waals surface area contributed by atoms with Gasteiger partial charge in [-0.15, -0.1) is 0 Å². The topological polar surface area (TPSA) is 24.5 Å². The molecular formula is C18H28N2O. The van der Waals surface area contributed by atoms with Crippen molar-refractivity contribution >= 4 is 0 Å². The third-order valence-corrected chi connectivity index (χ3v) is 5.03. The van der Waals surface area contributed by atoms with Crippen molar-refractivity contribution in [3.05, 3.63) is 35.9 Å². The smallest absolute Gasteiger partial charge is 0.0480 e. The zero-order chi connectivity index (χ0) is 14.7. The third kappa shape index (κ3) is 3.47. The van der Waals surface area contributed by atoms with Gasteiger partial charge < -0.3 is 10.1 Å². The lowest BCUT2D eigenvalue weighted by Gasteiger charge is -2.47. The SMILES string of the molecule is CC(C)C1CN(C2CCOCC2)C(c2ccccc2)CN1. The largest absolute Gasteiger partial charge is 0.381 e. The molecule has 0 amide bonds. The molecule has 0 radical (unpaired) electrons. The molecule has 2 atom stereocenters. The van der Waals surface area contributed by atoms with Gasteiger partial charge in [0.15, 0.2) is 0 Å². The van der Waals surface area contributed by atoms with Crippen LogP contribution < -0.4 is 5.32 Å². The second kappa shape index (κ2) is 6.91. The number of hydrogen-bond acceptors (Lipinski definition) is 3. The van der Waals surface area contributed by atoms with Gasteiger partial charge in [0, 0.05) is 44.4 Å². The van der Waals surface area contributed by atoms with E-state index in [4.69, 9.17) is 4.74 Å². The van der Waals surface area contributed by atoms with Crippen LogP contribution in [0.1, 0.15) is 38.3 Å². The number of piperazine rings is 1. The molecule has 1 aromatic carbocycles. The van der Waals surface area contributed by atoms with Crippen molar-refractivity contribution in [2.24, 2.45) is 5.92 Å². The van der Waals surface area contributed by atoms with Crippen LogP contribution in [0.2, 0.25) is 0 Å². The molecule has 21 heavy (non-hydrogen) atoms. The van der Waals surface area contributed by atoms with Gasteiger partial charge in [0.25, 0.3) is 0 Å². The summed E-state index contributed by atoms with van der Waals surface area (Å²) in [6.45, 7) is 8.70. The Morgan fingerprint density at radius 1 is 1.14 bits per heavy atom. The lowest BCUT2D eigenvalue weighted by atomic mass is 9.92. The minimum absolute atomic E-state index is 0.504. The fourth-order valence-electron chi connectivity index (χ4n) is 3.65. The van der Waals surface area contributed by atoms with Gasteiger partial charge in [0.2, 0.25) is 0 Å². The van der Waals surface area contributed by atoms with Crippen LogP contribution in [0.25, 0.3) is 0 Å². The number of hydrogen-bond donors (Lipinski definition) is 1. The van der Waals surface area contributed by atoms with Crippen LogP contribution in [0.3, 0.4) is 0 Å². The molecule has 3 rings (SSSR count). The van der Waals surface area contributed by atoms with Gasteiger partial charge in [-0.1, -0.05) is 44.2 Å². The van der Waals surface area contributed by atoms with Gasteiger partial charge in [0.1, 0.15) is 0 Å². The maximum absolute atomic E-state index is 5.56. The number of rotatable bonds is 3. The monoisotopic (exact) mass is 288 g/mol. The summed E-state index contributed by atoms with van der Waals surface area (Å²) in [4.78, 5) is 2.75. The highest BCUT2D eigenvalue weighted by atomic mass is 16.5. The van der Waals surface area contributed by atoms with Gasteiger partial charge in [-0.3, -0.25) is 4.90 Å². The van der Waals surface area contributed by atoms with Crippen LogP contribution in [0, 0.1) is 5.92 Å². The normalized spacial score (nSPS) is 28.9.